The molecule has 2 bridgehead atoms. The van der Waals surface area contributed by atoms with E-state index in [4.69, 9.17) is 16.3 Å². The zero-order chi connectivity index (χ0) is 27.9. The number of nitrogens with zero attached hydrogens (tertiary/aromatic N) is 3. The van der Waals surface area contributed by atoms with Gasteiger partial charge in [-0.3, -0.25) is 14.4 Å². The van der Waals surface area contributed by atoms with Crippen LogP contribution in [-0.2, 0) is 19.1 Å². The van der Waals surface area contributed by atoms with Gasteiger partial charge in [0.1, 0.15) is 11.6 Å². The van der Waals surface area contributed by atoms with Gasteiger partial charge in [0.25, 0.3) is 5.91 Å². The SMILES string of the molecule is C=CCN(C)C(=O)[C@H]1[C@H]2C(=O)N([C@@H](CC)CO)C(C(=O)N(CC=C)c3c(C)cccc3Cl)C23CC(Br)[C@@H]1O3. The number of benzene rings is 1. The molecule has 3 saturated heterocycles. The van der Waals surface area contributed by atoms with Crippen molar-refractivity contribution in [2.75, 3.05) is 31.6 Å². The summed E-state index contributed by atoms with van der Waals surface area (Å²) in [7, 11) is 1.67. The van der Waals surface area contributed by atoms with E-state index < -0.39 is 35.6 Å². The summed E-state index contributed by atoms with van der Waals surface area (Å²) in [6.45, 7) is 11.4. The second-order valence-corrected chi connectivity index (χ2v) is 11.9. The highest BCUT2D eigenvalue weighted by Gasteiger charge is 2.77. The molecule has 1 aromatic carbocycles. The van der Waals surface area contributed by atoms with Crippen molar-refractivity contribution < 1.29 is 24.2 Å². The molecule has 0 radical (unpaired) electrons. The number of carbonyl (C=O) groups is 3. The van der Waals surface area contributed by atoms with Crippen molar-refractivity contribution in [3.63, 3.8) is 0 Å². The van der Waals surface area contributed by atoms with E-state index in [1.54, 1.807) is 25.3 Å². The number of aliphatic hydroxyl groups is 1. The number of hydrogen-bond acceptors (Lipinski definition) is 5. The second-order valence-electron chi connectivity index (χ2n) is 10.3. The van der Waals surface area contributed by atoms with Gasteiger partial charge in [-0.05, 0) is 31.4 Å². The summed E-state index contributed by atoms with van der Waals surface area (Å²) in [5.74, 6) is -2.57. The van der Waals surface area contributed by atoms with E-state index in [1.165, 1.54) is 14.7 Å². The van der Waals surface area contributed by atoms with Gasteiger partial charge in [-0.1, -0.05) is 58.7 Å². The first-order valence-corrected chi connectivity index (χ1v) is 14.2. The minimum absolute atomic E-state index is 0.157. The Kier molecular flexibility index (Phi) is 8.43. The Balaban J connectivity index is 1.87. The number of likely N-dealkylation sites (N-methyl/N-ethyl adjacent to an activating group) is 1. The fourth-order valence-electron chi connectivity index (χ4n) is 6.51. The standard InChI is InChI=1S/C28H35BrClN3O5/c1-6-12-31(5)25(35)20-21-26(36)33(17(8-3)15-34)24(28(21)14-18(29)23(20)38-28)27(37)32(13-7-2)22-16(4)10-9-11-19(22)30/h6-7,9-11,17-18,20-21,23-24,34H,1-2,8,12-15H2,3-5H3/t17-,18?,20-,21-,23-,24?,28?/m0/s1. The summed E-state index contributed by atoms with van der Waals surface area (Å²) in [6, 6.07) is 3.71. The molecule has 1 N–H and O–H groups in total. The molecule has 3 aliphatic rings. The number of para-hydroxylation sites is 1. The van der Waals surface area contributed by atoms with Crippen LogP contribution in [0.1, 0.15) is 25.3 Å². The molecule has 10 heteroatoms. The molecule has 3 unspecified atom stereocenters. The molecular formula is C28H35BrClN3O5. The number of fused-ring (bicyclic) bond motifs is 1. The van der Waals surface area contributed by atoms with Crippen LogP contribution < -0.4 is 4.90 Å². The van der Waals surface area contributed by atoms with Gasteiger partial charge in [-0.15, -0.1) is 13.2 Å². The summed E-state index contributed by atoms with van der Waals surface area (Å²) in [5, 5.41) is 10.7. The number of likely N-dealkylation sites (tertiary alicyclic amines) is 1. The molecule has 0 saturated carbocycles. The molecule has 3 heterocycles. The largest absolute Gasteiger partial charge is 0.394 e. The van der Waals surface area contributed by atoms with Crippen LogP contribution in [0.25, 0.3) is 0 Å². The van der Waals surface area contributed by atoms with Crippen LogP contribution in [0.15, 0.2) is 43.5 Å². The molecule has 4 rings (SSSR count). The van der Waals surface area contributed by atoms with Crippen LogP contribution in [0.2, 0.25) is 5.02 Å². The molecule has 1 aromatic rings. The Hall–Kier alpha value is -2.20. The summed E-state index contributed by atoms with van der Waals surface area (Å²) in [5.41, 5.74) is 0.0880. The van der Waals surface area contributed by atoms with E-state index in [1.807, 2.05) is 26.0 Å². The molecule has 0 aromatic heterocycles. The number of anilines is 1. The molecule has 206 valence electrons. The predicted octanol–water partition coefficient (Wildman–Crippen LogP) is 3.33. The van der Waals surface area contributed by atoms with E-state index >= 15 is 0 Å². The Bertz CT molecular complexity index is 1120. The first kappa shape index (κ1) is 28.8. The van der Waals surface area contributed by atoms with E-state index in [0.717, 1.165) is 5.56 Å². The number of rotatable bonds is 10. The maximum atomic E-state index is 14.6. The van der Waals surface area contributed by atoms with Crippen LogP contribution in [0.4, 0.5) is 5.69 Å². The normalized spacial score (nSPS) is 30.2. The van der Waals surface area contributed by atoms with Crippen molar-refractivity contribution in [3.8, 4) is 0 Å². The third-order valence-electron chi connectivity index (χ3n) is 8.14. The third kappa shape index (κ3) is 4.31. The highest BCUT2D eigenvalue weighted by molar-refractivity contribution is 9.09. The fraction of sp³-hybridized carbons (Fsp3) is 0.536. The number of halogens is 2. The molecule has 3 amide bonds. The Morgan fingerprint density at radius 1 is 1.32 bits per heavy atom. The monoisotopic (exact) mass is 607 g/mol. The summed E-state index contributed by atoms with van der Waals surface area (Å²) in [4.78, 5) is 46.8. The molecule has 0 aliphatic carbocycles. The van der Waals surface area contributed by atoms with Gasteiger partial charge in [0.05, 0.1) is 41.3 Å². The number of aryl methyl sites for hydroxylation is 1. The van der Waals surface area contributed by atoms with Gasteiger partial charge in [0.2, 0.25) is 11.8 Å². The second kappa shape index (κ2) is 11.1. The lowest BCUT2D eigenvalue weighted by Gasteiger charge is -2.39. The molecule has 7 atom stereocenters. The maximum Gasteiger partial charge on any atom is 0.253 e. The summed E-state index contributed by atoms with van der Waals surface area (Å²) in [6.07, 6.45) is 3.47. The van der Waals surface area contributed by atoms with Crippen molar-refractivity contribution in [2.24, 2.45) is 11.8 Å². The average molecular weight is 609 g/mol. The van der Waals surface area contributed by atoms with Crippen molar-refractivity contribution >= 4 is 50.9 Å². The summed E-state index contributed by atoms with van der Waals surface area (Å²) >= 11 is 10.3. The van der Waals surface area contributed by atoms with Crippen LogP contribution in [0, 0.1) is 18.8 Å². The number of hydrogen-bond donors (Lipinski definition) is 1. The van der Waals surface area contributed by atoms with Crippen LogP contribution >= 0.6 is 27.5 Å². The van der Waals surface area contributed by atoms with E-state index in [0.29, 0.717) is 30.1 Å². The van der Waals surface area contributed by atoms with Gasteiger partial charge in [0, 0.05) is 25.0 Å². The molecule has 3 aliphatic heterocycles. The number of amides is 3. The van der Waals surface area contributed by atoms with E-state index in [2.05, 4.69) is 29.1 Å². The van der Waals surface area contributed by atoms with Crippen molar-refractivity contribution in [2.45, 2.75) is 55.3 Å². The number of alkyl halides is 1. The zero-order valence-electron chi connectivity index (χ0n) is 22.0. The molecular weight excluding hydrogens is 574 g/mol. The summed E-state index contributed by atoms with van der Waals surface area (Å²) < 4.78 is 6.59. The number of carbonyl (C=O) groups excluding carboxylic acids is 3. The first-order chi connectivity index (χ1) is 18.1. The lowest BCUT2D eigenvalue weighted by atomic mass is 9.70. The van der Waals surface area contributed by atoms with Gasteiger partial charge in [0.15, 0.2) is 0 Å². The Labute approximate surface area is 237 Å². The van der Waals surface area contributed by atoms with Crippen molar-refractivity contribution in [1.29, 1.82) is 0 Å². The van der Waals surface area contributed by atoms with Crippen LogP contribution in [0.5, 0.6) is 0 Å². The fourth-order valence-corrected chi connectivity index (χ4v) is 7.77. The lowest BCUT2D eigenvalue weighted by molar-refractivity contribution is -0.146. The molecule has 3 fully saturated rings. The first-order valence-electron chi connectivity index (χ1n) is 12.9. The van der Waals surface area contributed by atoms with E-state index in [9.17, 15) is 19.5 Å². The number of ether oxygens (including phenoxy) is 1. The smallest absolute Gasteiger partial charge is 0.253 e. The van der Waals surface area contributed by atoms with Gasteiger partial charge in [-0.25, -0.2) is 0 Å². The Morgan fingerprint density at radius 2 is 2.00 bits per heavy atom. The van der Waals surface area contributed by atoms with Gasteiger partial charge < -0.3 is 24.5 Å². The lowest BCUT2D eigenvalue weighted by Crippen LogP contribution is -2.59. The average Bonchev–Trinajstić information content (AvgIpc) is 3.47. The highest BCUT2D eigenvalue weighted by atomic mass is 79.9. The molecule has 1 spiro atoms. The minimum atomic E-state index is -1.24. The van der Waals surface area contributed by atoms with Crippen molar-refractivity contribution in [3.05, 3.63) is 54.1 Å². The predicted molar refractivity (Wildman–Crippen MR) is 150 cm³/mol. The van der Waals surface area contributed by atoms with E-state index in [-0.39, 0.29) is 35.7 Å². The zero-order valence-corrected chi connectivity index (χ0v) is 24.3. The molecule has 38 heavy (non-hydrogen) atoms. The van der Waals surface area contributed by atoms with Crippen LogP contribution in [0.3, 0.4) is 0 Å². The highest BCUT2D eigenvalue weighted by Crippen LogP contribution is 2.61. The topological polar surface area (TPSA) is 90.4 Å². The molecule has 8 nitrogen and oxygen atoms in total. The van der Waals surface area contributed by atoms with Crippen LogP contribution in [-0.4, -0.2) is 88.0 Å². The quantitative estimate of drug-likeness (QED) is 0.325. The maximum absolute atomic E-state index is 14.6. The van der Waals surface area contributed by atoms with Gasteiger partial charge in [-0.2, -0.15) is 0 Å². The third-order valence-corrected chi connectivity index (χ3v) is 9.29. The Morgan fingerprint density at radius 3 is 2.58 bits per heavy atom. The van der Waals surface area contributed by atoms with Gasteiger partial charge >= 0.3 is 0 Å². The van der Waals surface area contributed by atoms with Crippen molar-refractivity contribution in [1.82, 2.24) is 9.80 Å². The minimum Gasteiger partial charge on any atom is -0.394 e. The number of aliphatic hydroxyl groups excluding tert-OH is 1.